The number of ether oxygens (including phenoxy) is 1. The van der Waals surface area contributed by atoms with E-state index in [1.54, 1.807) is 24.3 Å². The maximum Gasteiger partial charge on any atom is 0.336 e. The van der Waals surface area contributed by atoms with Crippen LogP contribution in [0.15, 0.2) is 118 Å². The van der Waals surface area contributed by atoms with Crippen LogP contribution in [-0.2, 0) is 14.8 Å². The highest BCUT2D eigenvalue weighted by atomic mass is 79.9. The standard InChI is InChI=1S/C29H21BrClN3O5S/c30-23-9-16-27(39-28(35)17-6-20-4-2-1-3-5-20)22(18-23)19-32-33-29(36)21-7-12-25(13-8-21)34-40(37,38)26-14-10-24(31)11-15-26/h1-19,34H,(H,33,36). The van der Waals surface area contributed by atoms with Crippen molar-refractivity contribution in [3.8, 4) is 5.75 Å². The zero-order valence-electron chi connectivity index (χ0n) is 20.6. The van der Waals surface area contributed by atoms with E-state index in [4.69, 9.17) is 16.3 Å². The number of amides is 1. The van der Waals surface area contributed by atoms with Crippen LogP contribution in [0.1, 0.15) is 21.5 Å². The number of rotatable bonds is 9. The van der Waals surface area contributed by atoms with Crippen molar-refractivity contribution in [3.63, 3.8) is 0 Å². The summed E-state index contributed by atoms with van der Waals surface area (Å²) in [5.74, 6) is -0.847. The molecule has 0 saturated carbocycles. The number of hydrogen-bond donors (Lipinski definition) is 2. The second kappa shape index (κ2) is 13.2. The number of nitrogens with zero attached hydrogens (tertiary/aromatic N) is 1. The summed E-state index contributed by atoms with van der Waals surface area (Å²) in [4.78, 5) is 24.9. The van der Waals surface area contributed by atoms with Gasteiger partial charge in [-0.15, -0.1) is 0 Å². The number of halogens is 2. The Morgan fingerprint density at radius 3 is 2.30 bits per heavy atom. The van der Waals surface area contributed by atoms with Crippen LogP contribution in [0.25, 0.3) is 6.08 Å². The number of carbonyl (C=O) groups is 2. The predicted molar refractivity (Wildman–Crippen MR) is 159 cm³/mol. The molecule has 4 aromatic rings. The average Bonchev–Trinajstić information content (AvgIpc) is 2.94. The molecule has 2 N–H and O–H groups in total. The molecule has 8 nitrogen and oxygen atoms in total. The molecule has 40 heavy (non-hydrogen) atoms. The Morgan fingerprint density at radius 1 is 0.900 bits per heavy atom. The second-order valence-electron chi connectivity index (χ2n) is 8.18. The number of esters is 1. The molecule has 4 rings (SSSR count). The summed E-state index contributed by atoms with van der Waals surface area (Å²) in [6.45, 7) is 0. The Labute approximate surface area is 244 Å². The van der Waals surface area contributed by atoms with Gasteiger partial charge in [-0.2, -0.15) is 5.10 Å². The molecule has 0 aromatic heterocycles. The number of anilines is 1. The van der Waals surface area contributed by atoms with Crippen molar-refractivity contribution in [1.82, 2.24) is 5.43 Å². The van der Waals surface area contributed by atoms with Gasteiger partial charge in [0, 0.05) is 32.4 Å². The smallest absolute Gasteiger partial charge is 0.336 e. The minimum Gasteiger partial charge on any atom is -0.423 e. The van der Waals surface area contributed by atoms with Gasteiger partial charge in [0.2, 0.25) is 0 Å². The van der Waals surface area contributed by atoms with Crippen molar-refractivity contribution >= 4 is 67.4 Å². The molecule has 0 saturated heterocycles. The van der Waals surface area contributed by atoms with Gasteiger partial charge in [-0.1, -0.05) is 57.9 Å². The van der Waals surface area contributed by atoms with E-state index >= 15 is 0 Å². The fourth-order valence-electron chi connectivity index (χ4n) is 3.33. The van der Waals surface area contributed by atoms with Gasteiger partial charge >= 0.3 is 5.97 Å². The Bertz CT molecular complexity index is 1680. The first-order valence-corrected chi connectivity index (χ1v) is 14.3. The Balaban J connectivity index is 1.38. The lowest BCUT2D eigenvalue weighted by atomic mass is 10.2. The van der Waals surface area contributed by atoms with Gasteiger partial charge in [0.25, 0.3) is 15.9 Å². The first-order valence-electron chi connectivity index (χ1n) is 11.7. The largest absolute Gasteiger partial charge is 0.423 e. The van der Waals surface area contributed by atoms with Gasteiger partial charge in [-0.25, -0.2) is 18.6 Å². The third-order valence-electron chi connectivity index (χ3n) is 5.29. The van der Waals surface area contributed by atoms with Gasteiger partial charge in [0.1, 0.15) is 5.75 Å². The molecule has 0 bridgehead atoms. The molecule has 0 fully saturated rings. The zero-order chi connectivity index (χ0) is 28.5. The molecular formula is C29H21BrClN3O5S. The van der Waals surface area contributed by atoms with Crippen molar-refractivity contribution in [2.45, 2.75) is 4.90 Å². The van der Waals surface area contributed by atoms with Crippen molar-refractivity contribution in [3.05, 3.63) is 129 Å². The number of hydrogen-bond acceptors (Lipinski definition) is 6. The molecule has 202 valence electrons. The molecule has 0 aliphatic heterocycles. The highest BCUT2D eigenvalue weighted by Gasteiger charge is 2.14. The van der Waals surface area contributed by atoms with Crippen LogP contribution in [0.5, 0.6) is 5.75 Å². The fourth-order valence-corrected chi connectivity index (χ4v) is 4.89. The molecule has 11 heteroatoms. The molecule has 4 aromatic carbocycles. The summed E-state index contributed by atoms with van der Waals surface area (Å²) >= 11 is 9.19. The van der Waals surface area contributed by atoms with E-state index in [1.165, 1.54) is 60.8 Å². The molecule has 1 amide bonds. The Kier molecular flexibility index (Phi) is 9.49. The van der Waals surface area contributed by atoms with Crippen LogP contribution in [0.3, 0.4) is 0 Å². The van der Waals surface area contributed by atoms with Gasteiger partial charge in [0.15, 0.2) is 0 Å². The van der Waals surface area contributed by atoms with E-state index in [9.17, 15) is 18.0 Å². The summed E-state index contributed by atoms with van der Waals surface area (Å²) in [6, 6.07) is 25.9. The molecule has 0 unspecified atom stereocenters. The summed E-state index contributed by atoms with van der Waals surface area (Å²) < 4.78 is 33.7. The highest BCUT2D eigenvalue weighted by molar-refractivity contribution is 9.10. The van der Waals surface area contributed by atoms with Crippen LogP contribution >= 0.6 is 27.5 Å². The van der Waals surface area contributed by atoms with Gasteiger partial charge in [0.05, 0.1) is 11.1 Å². The summed E-state index contributed by atoms with van der Waals surface area (Å²) in [6.07, 6.45) is 4.31. The van der Waals surface area contributed by atoms with Crippen LogP contribution < -0.4 is 14.9 Å². The molecule has 0 aliphatic rings. The molecule has 0 heterocycles. The lowest BCUT2D eigenvalue weighted by Gasteiger charge is -2.09. The van der Waals surface area contributed by atoms with Crippen molar-refractivity contribution in [2.24, 2.45) is 5.10 Å². The van der Waals surface area contributed by atoms with E-state index in [0.717, 1.165) is 10.0 Å². The number of sulfonamides is 1. The number of benzene rings is 4. The Hall–Kier alpha value is -4.25. The highest BCUT2D eigenvalue weighted by Crippen LogP contribution is 2.22. The summed E-state index contributed by atoms with van der Waals surface area (Å²) in [7, 11) is -3.82. The zero-order valence-corrected chi connectivity index (χ0v) is 23.8. The Morgan fingerprint density at radius 2 is 1.60 bits per heavy atom. The average molecular weight is 639 g/mol. The van der Waals surface area contributed by atoms with Gasteiger partial charge in [-0.05, 0) is 78.4 Å². The number of nitrogens with one attached hydrogen (secondary N) is 2. The van der Waals surface area contributed by atoms with Crippen molar-refractivity contribution < 1.29 is 22.7 Å². The first-order chi connectivity index (χ1) is 19.2. The fraction of sp³-hybridized carbons (Fsp3) is 0. The third kappa shape index (κ3) is 8.12. The quantitative estimate of drug-likeness (QED) is 0.0736. The van der Waals surface area contributed by atoms with Crippen molar-refractivity contribution in [1.29, 1.82) is 0 Å². The third-order valence-corrected chi connectivity index (χ3v) is 7.43. The molecular weight excluding hydrogens is 618 g/mol. The number of carbonyl (C=O) groups excluding carboxylic acids is 2. The van der Waals surface area contributed by atoms with Crippen LogP contribution in [0.4, 0.5) is 5.69 Å². The minimum atomic E-state index is -3.82. The van der Waals surface area contributed by atoms with E-state index in [1.807, 2.05) is 30.3 Å². The second-order valence-corrected chi connectivity index (χ2v) is 11.2. The van der Waals surface area contributed by atoms with E-state index in [0.29, 0.717) is 10.6 Å². The molecule has 0 atom stereocenters. The lowest BCUT2D eigenvalue weighted by Crippen LogP contribution is -2.18. The van der Waals surface area contributed by atoms with E-state index < -0.39 is 21.9 Å². The summed E-state index contributed by atoms with van der Waals surface area (Å²) in [5, 5.41) is 4.39. The van der Waals surface area contributed by atoms with Crippen molar-refractivity contribution in [2.75, 3.05) is 4.72 Å². The van der Waals surface area contributed by atoms with Crippen LogP contribution in [0, 0.1) is 0 Å². The molecule has 0 radical (unpaired) electrons. The maximum atomic E-state index is 12.6. The number of hydrazone groups is 1. The topological polar surface area (TPSA) is 114 Å². The van der Waals surface area contributed by atoms with Crippen LogP contribution in [0.2, 0.25) is 5.02 Å². The first kappa shape index (κ1) is 28.8. The lowest BCUT2D eigenvalue weighted by molar-refractivity contribution is -0.128. The van der Waals surface area contributed by atoms with E-state index in [-0.39, 0.29) is 21.9 Å². The molecule has 0 aliphatic carbocycles. The SMILES string of the molecule is O=C(C=Cc1ccccc1)Oc1ccc(Br)cc1C=NNC(=O)c1ccc(NS(=O)(=O)c2ccc(Cl)cc2)cc1. The van der Waals surface area contributed by atoms with Gasteiger partial charge < -0.3 is 4.74 Å². The molecule has 0 spiro atoms. The van der Waals surface area contributed by atoms with Crippen LogP contribution in [-0.4, -0.2) is 26.5 Å². The van der Waals surface area contributed by atoms with Gasteiger partial charge in [-0.3, -0.25) is 9.52 Å². The predicted octanol–water partition coefficient (Wildman–Crippen LogP) is 6.29. The summed E-state index contributed by atoms with van der Waals surface area (Å²) in [5.41, 5.74) is 4.23. The normalized spacial score (nSPS) is 11.4. The monoisotopic (exact) mass is 637 g/mol. The minimum absolute atomic E-state index is 0.0536. The van der Waals surface area contributed by atoms with E-state index in [2.05, 4.69) is 31.2 Å². The maximum absolute atomic E-state index is 12.6.